The highest BCUT2D eigenvalue weighted by Gasteiger charge is 2.07. The van der Waals surface area contributed by atoms with E-state index < -0.39 is 0 Å². The van der Waals surface area contributed by atoms with Gasteiger partial charge < -0.3 is 5.32 Å². The van der Waals surface area contributed by atoms with Gasteiger partial charge in [-0.3, -0.25) is 4.79 Å². The second kappa shape index (κ2) is 5.50. The molecule has 2 aromatic carbocycles. The number of aromatic nitrogens is 1. The van der Waals surface area contributed by atoms with Crippen molar-refractivity contribution in [3.8, 4) is 0 Å². The summed E-state index contributed by atoms with van der Waals surface area (Å²) in [4.78, 5) is 16.3. The number of halogens is 2. The van der Waals surface area contributed by atoms with Crippen LogP contribution in [0, 0.1) is 5.82 Å². The molecule has 1 N–H and O–H groups in total. The Kier molecular flexibility index (Phi) is 3.54. The van der Waals surface area contributed by atoms with Gasteiger partial charge in [0.25, 0.3) is 5.91 Å². The van der Waals surface area contributed by atoms with Crippen LogP contribution in [0.5, 0.6) is 0 Å². The molecule has 3 rings (SSSR count). The van der Waals surface area contributed by atoms with Crippen LogP contribution in [0.15, 0.2) is 54.6 Å². The standard InChI is InChI=1S/C16H10ClFN2O/c17-15-8-2-10-9-11(1-7-14(10)20-15)16(21)19-13-5-3-12(18)4-6-13/h1-9H,(H,19,21). The van der Waals surface area contributed by atoms with Crippen LogP contribution in [0.25, 0.3) is 10.9 Å². The lowest BCUT2D eigenvalue weighted by molar-refractivity contribution is 0.102. The van der Waals surface area contributed by atoms with Crippen molar-refractivity contribution in [2.45, 2.75) is 0 Å². The molecule has 0 saturated heterocycles. The summed E-state index contributed by atoms with van der Waals surface area (Å²) in [6.45, 7) is 0. The number of carbonyl (C=O) groups excluding carboxylic acids is 1. The van der Waals surface area contributed by atoms with Gasteiger partial charge in [-0.2, -0.15) is 0 Å². The van der Waals surface area contributed by atoms with Crippen molar-refractivity contribution in [2.75, 3.05) is 5.32 Å². The summed E-state index contributed by atoms with van der Waals surface area (Å²) in [5.41, 5.74) is 1.76. The highest BCUT2D eigenvalue weighted by molar-refractivity contribution is 6.29. The van der Waals surface area contributed by atoms with E-state index in [4.69, 9.17) is 11.6 Å². The molecule has 0 unspecified atom stereocenters. The van der Waals surface area contributed by atoms with Crippen LogP contribution in [0.4, 0.5) is 10.1 Å². The summed E-state index contributed by atoms with van der Waals surface area (Å²) in [6.07, 6.45) is 0. The number of fused-ring (bicyclic) bond motifs is 1. The first-order valence-electron chi connectivity index (χ1n) is 6.25. The molecule has 3 nitrogen and oxygen atoms in total. The van der Waals surface area contributed by atoms with Crippen LogP contribution >= 0.6 is 11.6 Å². The van der Waals surface area contributed by atoms with Crippen molar-refractivity contribution in [1.29, 1.82) is 0 Å². The largest absolute Gasteiger partial charge is 0.322 e. The smallest absolute Gasteiger partial charge is 0.255 e. The molecular weight excluding hydrogens is 291 g/mol. The number of benzene rings is 2. The Balaban J connectivity index is 1.87. The van der Waals surface area contributed by atoms with Gasteiger partial charge >= 0.3 is 0 Å². The van der Waals surface area contributed by atoms with Crippen molar-refractivity contribution < 1.29 is 9.18 Å². The van der Waals surface area contributed by atoms with Crippen LogP contribution in [-0.2, 0) is 0 Å². The molecule has 1 heterocycles. The third kappa shape index (κ3) is 3.01. The molecule has 0 atom stereocenters. The van der Waals surface area contributed by atoms with Gasteiger partial charge in [0, 0.05) is 16.6 Å². The second-order valence-electron chi connectivity index (χ2n) is 4.50. The van der Waals surface area contributed by atoms with Crippen LogP contribution in [0.2, 0.25) is 5.15 Å². The summed E-state index contributed by atoms with van der Waals surface area (Å²) in [7, 11) is 0. The van der Waals surface area contributed by atoms with Gasteiger partial charge in [0.15, 0.2) is 0 Å². The molecule has 0 fully saturated rings. The topological polar surface area (TPSA) is 42.0 Å². The fourth-order valence-electron chi connectivity index (χ4n) is 1.98. The van der Waals surface area contributed by atoms with Crippen molar-refractivity contribution in [3.05, 3.63) is 71.1 Å². The number of nitrogens with zero attached hydrogens (tertiary/aromatic N) is 1. The first-order chi connectivity index (χ1) is 10.1. The van der Waals surface area contributed by atoms with Gasteiger partial charge in [-0.05, 0) is 54.6 Å². The Morgan fingerprint density at radius 2 is 1.81 bits per heavy atom. The van der Waals surface area contributed by atoms with Crippen molar-refractivity contribution in [2.24, 2.45) is 0 Å². The Hall–Kier alpha value is -2.46. The van der Waals surface area contributed by atoms with E-state index in [0.29, 0.717) is 16.4 Å². The van der Waals surface area contributed by atoms with E-state index in [1.165, 1.54) is 24.3 Å². The Bertz CT molecular complexity index is 818. The van der Waals surface area contributed by atoms with Crippen LogP contribution in [-0.4, -0.2) is 10.9 Å². The first kappa shape index (κ1) is 13.5. The minimum absolute atomic E-state index is 0.265. The van der Waals surface area contributed by atoms with Crippen LogP contribution in [0.3, 0.4) is 0 Å². The van der Waals surface area contributed by atoms with Crippen LogP contribution in [0.1, 0.15) is 10.4 Å². The zero-order valence-corrected chi connectivity index (χ0v) is 11.6. The molecule has 0 aliphatic heterocycles. The predicted octanol–water partition coefficient (Wildman–Crippen LogP) is 4.28. The zero-order chi connectivity index (χ0) is 14.8. The number of anilines is 1. The normalized spacial score (nSPS) is 10.6. The highest BCUT2D eigenvalue weighted by atomic mass is 35.5. The van der Waals surface area contributed by atoms with Crippen molar-refractivity contribution in [1.82, 2.24) is 4.98 Å². The number of hydrogen-bond acceptors (Lipinski definition) is 2. The number of hydrogen-bond donors (Lipinski definition) is 1. The van der Waals surface area contributed by atoms with Gasteiger partial charge in [0.2, 0.25) is 0 Å². The Morgan fingerprint density at radius 3 is 2.57 bits per heavy atom. The minimum atomic E-state index is -0.346. The monoisotopic (exact) mass is 300 g/mol. The molecule has 5 heteroatoms. The summed E-state index contributed by atoms with van der Waals surface area (Å²) >= 11 is 5.82. The molecule has 21 heavy (non-hydrogen) atoms. The average Bonchev–Trinajstić information content (AvgIpc) is 2.49. The van der Waals surface area contributed by atoms with E-state index in [1.807, 2.05) is 0 Å². The van der Waals surface area contributed by atoms with Gasteiger partial charge in [-0.15, -0.1) is 0 Å². The number of pyridine rings is 1. The maximum absolute atomic E-state index is 12.8. The van der Waals surface area contributed by atoms with E-state index in [9.17, 15) is 9.18 Å². The van der Waals surface area contributed by atoms with E-state index >= 15 is 0 Å². The summed E-state index contributed by atoms with van der Waals surface area (Å²) in [5.74, 6) is -0.611. The molecule has 0 spiro atoms. The molecule has 0 aliphatic rings. The average molecular weight is 301 g/mol. The summed E-state index contributed by atoms with van der Waals surface area (Å²) < 4.78 is 12.8. The third-order valence-electron chi connectivity index (χ3n) is 3.02. The van der Waals surface area contributed by atoms with E-state index in [1.54, 1.807) is 30.3 Å². The lowest BCUT2D eigenvalue weighted by Crippen LogP contribution is -2.11. The molecular formula is C16H10ClFN2O. The maximum atomic E-state index is 12.8. The second-order valence-corrected chi connectivity index (χ2v) is 4.89. The zero-order valence-electron chi connectivity index (χ0n) is 10.8. The first-order valence-corrected chi connectivity index (χ1v) is 6.63. The Labute approximate surface area is 125 Å². The number of amides is 1. The molecule has 1 amide bonds. The fourth-order valence-corrected chi connectivity index (χ4v) is 2.13. The van der Waals surface area contributed by atoms with Crippen molar-refractivity contribution in [3.63, 3.8) is 0 Å². The molecule has 0 radical (unpaired) electrons. The SMILES string of the molecule is O=C(Nc1ccc(F)cc1)c1ccc2nc(Cl)ccc2c1. The van der Waals surface area contributed by atoms with E-state index in [2.05, 4.69) is 10.3 Å². The van der Waals surface area contributed by atoms with Gasteiger partial charge in [-0.25, -0.2) is 9.37 Å². The molecule has 0 aliphatic carbocycles. The van der Waals surface area contributed by atoms with Crippen LogP contribution < -0.4 is 5.32 Å². The summed E-state index contributed by atoms with van der Waals surface area (Å²) in [5, 5.41) is 3.94. The van der Waals surface area contributed by atoms with Crippen molar-refractivity contribution >= 4 is 34.1 Å². The predicted molar refractivity (Wildman–Crippen MR) is 81.1 cm³/mol. The number of nitrogens with one attached hydrogen (secondary N) is 1. The highest BCUT2D eigenvalue weighted by Crippen LogP contribution is 2.18. The molecule has 0 saturated carbocycles. The summed E-state index contributed by atoms with van der Waals surface area (Å²) in [6, 6.07) is 14.2. The minimum Gasteiger partial charge on any atom is -0.322 e. The van der Waals surface area contributed by atoms with Gasteiger partial charge in [-0.1, -0.05) is 11.6 Å². The lowest BCUT2D eigenvalue weighted by Gasteiger charge is -2.06. The van der Waals surface area contributed by atoms with Gasteiger partial charge in [0.1, 0.15) is 11.0 Å². The molecule has 1 aromatic heterocycles. The fraction of sp³-hybridized carbons (Fsp3) is 0. The lowest BCUT2D eigenvalue weighted by atomic mass is 10.1. The Morgan fingerprint density at radius 1 is 1.05 bits per heavy atom. The quantitative estimate of drug-likeness (QED) is 0.718. The maximum Gasteiger partial charge on any atom is 0.255 e. The van der Waals surface area contributed by atoms with E-state index in [0.717, 1.165) is 10.9 Å². The molecule has 3 aromatic rings. The van der Waals surface area contributed by atoms with E-state index in [-0.39, 0.29) is 11.7 Å². The van der Waals surface area contributed by atoms with Gasteiger partial charge in [0.05, 0.1) is 5.52 Å². The molecule has 104 valence electrons. The third-order valence-corrected chi connectivity index (χ3v) is 3.23. The molecule has 0 bridgehead atoms. The number of carbonyl (C=O) groups is 1. The number of rotatable bonds is 2.